The highest BCUT2D eigenvalue weighted by Crippen LogP contribution is 2.32. The summed E-state index contributed by atoms with van der Waals surface area (Å²) < 4.78 is 14.2. The molecule has 0 bridgehead atoms. The van der Waals surface area contributed by atoms with Gasteiger partial charge in [0.15, 0.2) is 17.3 Å². The number of hydrogen-bond donors (Lipinski definition) is 1. The van der Waals surface area contributed by atoms with Gasteiger partial charge in [0, 0.05) is 19.9 Å². The van der Waals surface area contributed by atoms with Gasteiger partial charge in [-0.3, -0.25) is 4.79 Å². The van der Waals surface area contributed by atoms with E-state index in [2.05, 4.69) is 41.9 Å². The number of ether oxygens (including phenoxy) is 1. The number of nitrogens with zero attached hydrogens (tertiary/aromatic N) is 3. The Morgan fingerprint density at radius 2 is 1.97 bits per heavy atom. The van der Waals surface area contributed by atoms with E-state index < -0.39 is 0 Å². The van der Waals surface area contributed by atoms with E-state index in [9.17, 15) is 9.90 Å². The van der Waals surface area contributed by atoms with Crippen LogP contribution in [0, 0.1) is 0 Å². The average Bonchev–Trinajstić information content (AvgIpc) is 3.24. The molecular weight excluding hydrogens is 566 g/mol. The number of hydrogen-bond acceptors (Lipinski definition) is 6. The Morgan fingerprint density at radius 1 is 1.15 bits per heavy atom. The molecule has 170 valence electrons. The largest absolute Gasteiger partial charge is 0.504 e. The fraction of sp³-hybridized carbons (Fsp3) is 0.0800. The van der Waals surface area contributed by atoms with Crippen LogP contribution in [0.2, 0.25) is 0 Å². The van der Waals surface area contributed by atoms with E-state index in [0.29, 0.717) is 44.6 Å². The minimum Gasteiger partial charge on any atom is -0.504 e. The van der Waals surface area contributed by atoms with Gasteiger partial charge >= 0.3 is 0 Å². The average molecular weight is 583 g/mol. The van der Waals surface area contributed by atoms with E-state index in [4.69, 9.17) is 9.15 Å². The van der Waals surface area contributed by atoms with Crippen LogP contribution in [-0.4, -0.2) is 27.6 Å². The summed E-state index contributed by atoms with van der Waals surface area (Å²) >= 11 is 6.89. The van der Waals surface area contributed by atoms with Crippen LogP contribution in [0.25, 0.3) is 33.5 Å². The first-order valence-corrected chi connectivity index (χ1v) is 11.9. The second-order valence-corrected chi connectivity index (χ2v) is 9.15. The summed E-state index contributed by atoms with van der Waals surface area (Å²) in [5.74, 6) is 1.00. The fourth-order valence-corrected chi connectivity index (χ4v) is 4.38. The van der Waals surface area contributed by atoms with Gasteiger partial charge in [0.2, 0.25) is 5.82 Å². The Hall–Kier alpha value is -3.43. The number of benzene rings is 3. The molecule has 0 aliphatic heterocycles. The van der Waals surface area contributed by atoms with Crippen molar-refractivity contribution in [3.8, 4) is 23.1 Å². The minimum absolute atomic E-state index is 0.00420. The molecule has 7 nitrogen and oxygen atoms in total. The van der Waals surface area contributed by atoms with Crippen LogP contribution in [0.3, 0.4) is 0 Å². The van der Waals surface area contributed by atoms with Crippen molar-refractivity contribution in [2.45, 2.75) is 6.92 Å². The van der Waals surface area contributed by atoms with Gasteiger partial charge in [-0.15, -0.1) is 0 Å². The second-order valence-electron chi connectivity index (χ2n) is 7.38. The number of furan rings is 1. The lowest BCUT2D eigenvalue weighted by molar-refractivity contribution is 0.318. The Kier molecular flexibility index (Phi) is 5.97. The molecular formula is C25H17Br2N3O4. The predicted octanol–water partition coefficient (Wildman–Crippen LogP) is 6.32. The van der Waals surface area contributed by atoms with E-state index in [0.717, 1.165) is 9.86 Å². The third kappa shape index (κ3) is 4.12. The molecule has 0 saturated heterocycles. The summed E-state index contributed by atoms with van der Waals surface area (Å²) in [5.41, 5.74) is 1.48. The maximum atomic E-state index is 13.4. The van der Waals surface area contributed by atoms with Gasteiger partial charge in [-0.25, -0.2) is 4.98 Å². The van der Waals surface area contributed by atoms with E-state index in [1.54, 1.807) is 24.3 Å². The van der Waals surface area contributed by atoms with Gasteiger partial charge in [-0.1, -0.05) is 28.1 Å². The topological polar surface area (TPSA) is 89.9 Å². The number of phenolic OH excluding ortho intramolecular Hbond substituents is 1. The number of halogens is 2. The molecule has 2 heterocycles. The number of phenols is 1. The first kappa shape index (κ1) is 22.4. The third-order valence-electron chi connectivity index (χ3n) is 5.14. The summed E-state index contributed by atoms with van der Waals surface area (Å²) in [5, 5.41) is 15.9. The molecule has 5 aromatic rings. The van der Waals surface area contributed by atoms with E-state index in [-0.39, 0.29) is 17.1 Å². The molecule has 34 heavy (non-hydrogen) atoms. The van der Waals surface area contributed by atoms with E-state index in [1.165, 1.54) is 17.0 Å². The first-order valence-electron chi connectivity index (χ1n) is 10.4. The SMILES string of the molecule is CCOc1cc(C=Nn2c(-c3cc4cc(Br)ccc4o3)nc3ccccc3c2=O)c(Br)cc1O. The molecule has 0 atom stereocenters. The molecule has 5 rings (SSSR count). The number of fused-ring (bicyclic) bond motifs is 2. The fourth-order valence-electron chi connectivity index (χ4n) is 3.56. The Morgan fingerprint density at radius 3 is 2.79 bits per heavy atom. The standard InChI is InChI=1S/C25H17Br2N3O4/c1-2-33-22-11-15(18(27)12-20(22)31)13-28-30-24(29-19-6-4-3-5-17(19)25(30)32)23-10-14-9-16(26)7-8-21(14)34-23/h3-13,31H,2H2,1H3. The monoisotopic (exact) mass is 581 g/mol. The molecule has 0 radical (unpaired) electrons. The van der Waals surface area contributed by atoms with Crippen molar-refractivity contribution >= 4 is 59.9 Å². The number of aromatic hydroxyl groups is 1. The molecule has 0 saturated carbocycles. The summed E-state index contributed by atoms with van der Waals surface area (Å²) in [6.07, 6.45) is 1.51. The second kappa shape index (κ2) is 9.08. The van der Waals surface area contributed by atoms with Gasteiger partial charge in [0.1, 0.15) is 5.58 Å². The number of aromatic nitrogens is 2. The normalized spacial score (nSPS) is 11.6. The molecule has 0 aliphatic carbocycles. The molecule has 0 fully saturated rings. The van der Waals surface area contributed by atoms with E-state index in [1.807, 2.05) is 37.3 Å². The van der Waals surface area contributed by atoms with Gasteiger partial charge in [-0.05, 0) is 71.4 Å². The Balaban J connectivity index is 1.71. The van der Waals surface area contributed by atoms with Crippen LogP contribution in [-0.2, 0) is 0 Å². The maximum absolute atomic E-state index is 13.4. The highest BCUT2D eigenvalue weighted by Gasteiger charge is 2.17. The lowest BCUT2D eigenvalue weighted by Gasteiger charge is -2.09. The van der Waals surface area contributed by atoms with Crippen LogP contribution in [0.4, 0.5) is 0 Å². The van der Waals surface area contributed by atoms with Gasteiger partial charge in [-0.2, -0.15) is 9.78 Å². The van der Waals surface area contributed by atoms with Crippen LogP contribution in [0.1, 0.15) is 12.5 Å². The van der Waals surface area contributed by atoms with Crippen molar-refractivity contribution in [3.63, 3.8) is 0 Å². The molecule has 0 aliphatic rings. The zero-order valence-corrected chi connectivity index (χ0v) is 21.0. The van der Waals surface area contributed by atoms with Crippen LogP contribution in [0.15, 0.2) is 83.9 Å². The van der Waals surface area contributed by atoms with Gasteiger partial charge in [0.05, 0.1) is 23.7 Å². The van der Waals surface area contributed by atoms with Crippen LogP contribution in [0.5, 0.6) is 11.5 Å². The smallest absolute Gasteiger partial charge is 0.282 e. The van der Waals surface area contributed by atoms with Gasteiger partial charge in [0.25, 0.3) is 5.56 Å². The van der Waals surface area contributed by atoms with Crippen molar-refractivity contribution in [1.82, 2.24) is 9.66 Å². The number of rotatable bonds is 5. The molecule has 1 N–H and O–H groups in total. The quantitative estimate of drug-likeness (QED) is 0.245. The zero-order chi connectivity index (χ0) is 23.8. The summed E-state index contributed by atoms with van der Waals surface area (Å²) in [6.45, 7) is 2.22. The van der Waals surface area contributed by atoms with Crippen molar-refractivity contribution in [2.24, 2.45) is 5.10 Å². The Labute approximate surface area is 210 Å². The molecule has 3 aromatic carbocycles. The highest BCUT2D eigenvalue weighted by atomic mass is 79.9. The van der Waals surface area contributed by atoms with Crippen molar-refractivity contribution in [2.75, 3.05) is 6.61 Å². The molecule has 0 spiro atoms. The van der Waals surface area contributed by atoms with Crippen molar-refractivity contribution < 1.29 is 14.3 Å². The lowest BCUT2D eigenvalue weighted by atomic mass is 10.2. The molecule has 0 amide bonds. The summed E-state index contributed by atoms with van der Waals surface area (Å²) in [7, 11) is 0. The first-order chi connectivity index (χ1) is 16.4. The molecule has 2 aromatic heterocycles. The molecule has 0 unspecified atom stereocenters. The summed E-state index contributed by atoms with van der Waals surface area (Å²) in [6, 6.07) is 17.7. The molecule has 9 heteroatoms. The summed E-state index contributed by atoms with van der Waals surface area (Å²) in [4.78, 5) is 18.1. The van der Waals surface area contributed by atoms with Gasteiger partial charge < -0.3 is 14.3 Å². The van der Waals surface area contributed by atoms with Crippen LogP contribution >= 0.6 is 31.9 Å². The zero-order valence-electron chi connectivity index (χ0n) is 17.8. The minimum atomic E-state index is -0.335. The lowest BCUT2D eigenvalue weighted by Crippen LogP contribution is -2.20. The van der Waals surface area contributed by atoms with Crippen molar-refractivity contribution in [1.29, 1.82) is 0 Å². The van der Waals surface area contributed by atoms with Crippen LogP contribution < -0.4 is 10.3 Å². The maximum Gasteiger partial charge on any atom is 0.282 e. The van der Waals surface area contributed by atoms with E-state index >= 15 is 0 Å². The predicted molar refractivity (Wildman–Crippen MR) is 139 cm³/mol. The number of para-hydroxylation sites is 1. The third-order valence-corrected chi connectivity index (χ3v) is 6.32. The van der Waals surface area contributed by atoms with Crippen molar-refractivity contribution in [3.05, 3.63) is 85.5 Å². The Bertz CT molecular complexity index is 1640. The highest BCUT2D eigenvalue weighted by molar-refractivity contribution is 9.10.